The van der Waals surface area contributed by atoms with E-state index in [1.807, 2.05) is 30.1 Å². The molecule has 0 aliphatic carbocycles. The van der Waals surface area contributed by atoms with Crippen LogP contribution in [0.2, 0.25) is 0 Å². The largest absolute Gasteiger partial charge is 0.481 e. The molecule has 1 aromatic carbocycles. The van der Waals surface area contributed by atoms with Gasteiger partial charge in [-0.1, -0.05) is 30.3 Å². The molecule has 0 aliphatic heterocycles. The number of hydrogen-bond donors (Lipinski definition) is 2. The average molecular weight is 294 g/mol. The molecule has 0 saturated heterocycles. The molecule has 1 aromatic rings. The Morgan fingerprint density at radius 1 is 1.33 bits per heavy atom. The van der Waals surface area contributed by atoms with Crippen LogP contribution >= 0.6 is 0 Å². The summed E-state index contributed by atoms with van der Waals surface area (Å²) < 4.78 is 0. The normalized spacial score (nSPS) is 11.2. The summed E-state index contributed by atoms with van der Waals surface area (Å²) in [5.41, 5.74) is 1.24. The molecule has 0 fully saturated rings. The first-order valence-corrected chi connectivity index (χ1v) is 6.54. The summed E-state index contributed by atoms with van der Waals surface area (Å²) in [4.78, 5) is 32.0. The van der Waals surface area contributed by atoms with Gasteiger partial charge in [0.2, 0.25) is 0 Å². The number of rotatable bonds is 8. The zero-order chi connectivity index (χ0) is 16.1. The van der Waals surface area contributed by atoms with E-state index in [1.54, 1.807) is 7.05 Å². The molecule has 0 radical (unpaired) electrons. The minimum absolute atomic E-state index is 0.153. The number of carboxylic acids is 1. The fourth-order valence-electron chi connectivity index (χ4n) is 1.49. The fourth-order valence-corrected chi connectivity index (χ4v) is 1.49. The summed E-state index contributed by atoms with van der Waals surface area (Å²) in [5.74, 6) is -0.971. The van der Waals surface area contributed by atoms with Crippen molar-refractivity contribution >= 4 is 18.5 Å². The maximum Gasteiger partial charge on any atom is 0.305 e. The number of aliphatic carboxylic acids is 1. The summed E-state index contributed by atoms with van der Waals surface area (Å²) in [6.45, 7) is 1.33. The molecule has 1 unspecified atom stereocenters. The zero-order valence-electron chi connectivity index (χ0n) is 12.4. The van der Waals surface area contributed by atoms with Crippen molar-refractivity contribution in [3.63, 3.8) is 0 Å². The van der Waals surface area contributed by atoms with Gasteiger partial charge in [0, 0.05) is 6.54 Å². The van der Waals surface area contributed by atoms with Crippen molar-refractivity contribution in [3.05, 3.63) is 35.9 Å². The Hall–Kier alpha value is -2.05. The number of benzene rings is 1. The molecule has 0 bridgehead atoms. The zero-order valence-corrected chi connectivity index (χ0v) is 12.4. The van der Waals surface area contributed by atoms with E-state index in [0.717, 1.165) is 12.8 Å². The van der Waals surface area contributed by atoms with Gasteiger partial charge in [-0.05, 0) is 19.7 Å². The van der Waals surface area contributed by atoms with E-state index in [1.165, 1.54) is 5.56 Å². The Morgan fingerprint density at radius 3 is 2.33 bits per heavy atom. The number of carbonyl (C=O) groups excluding carboxylic acids is 2. The van der Waals surface area contributed by atoms with Crippen molar-refractivity contribution in [2.75, 3.05) is 20.6 Å². The van der Waals surface area contributed by atoms with Gasteiger partial charge in [0.1, 0.15) is 12.6 Å². The smallest absolute Gasteiger partial charge is 0.305 e. The Labute approximate surface area is 124 Å². The van der Waals surface area contributed by atoms with Crippen LogP contribution in [0.4, 0.5) is 0 Å². The lowest BCUT2D eigenvalue weighted by atomic mass is 10.2. The van der Waals surface area contributed by atoms with E-state index in [-0.39, 0.29) is 6.42 Å². The van der Waals surface area contributed by atoms with Gasteiger partial charge in [0.05, 0.1) is 19.0 Å². The molecule has 0 heterocycles. The average Bonchev–Trinajstić information content (AvgIpc) is 2.46. The first-order chi connectivity index (χ1) is 10.0. The van der Waals surface area contributed by atoms with E-state index < -0.39 is 12.0 Å². The van der Waals surface area contributed by atoms with E-state index >= 15 is 0 Å². The molecule has 21 heavy (non-hydrogen) atoms. The van der Waals surface area contributed by atoms with Crippen LogP contribution in [0.1, 0.15) is 12.0 Å². The SMILES string of the molecule is CN(CC=O)Cc1ccccc1.CNC(C=O)CC(=O)O. The number of nitrogens with zero attached hydrogens (tertiary/aromatic N) is 1. The van der Waals surface area contributed by atoms with Crippen LogP contribution in [0.15, 0.2) is 30.3 Å². The number of hydrogen-bond acceptors (Lipinski definition) is 5. The van der Waals surface area contributed by atoms with Gasteiger partial charge >= 0.3 is 5.97 Å². The van der Waals surface area contributed by atoms with Gasteiger partial charge in [0.25, 0.3) is 0 Å². The predicted octanol–water partition coefficient (Wildman–Crippen LogP) is 0.565. The molecule has 6 heteroatoms. The number of carboxylic acid groups (broad SMARTS) is 1. The molecule has 0 saturated carbocycles. The van der Waals surface area contributed by atoms with E-state index in [4.69, 9.17) is 5.11 Å². The van der Waals surface area contributed by atoms with Crippen LogP contribution in [0.25, 0.3) is 0 Å². The highest BCUT2D eigenvalue weighted by atomic mass is 16.4. The highest BCUT2D eigenvalue weighted by molar-refractivity contribution is 5.73. The minimum Gasteiger partial charge on any atom is -0.481 e. The second-order valence-electron chi connectivity index (χ2n) is 4.48. The third kappa shape index (κ3) is 10.4. The van der Waals surface area contributed by atoms with Gasteiger partial charge in [-0.15, -0.1) is 0 Å². The molecule has 6 nitrogen and oxygen atoms in total. The number of carbonyl (C=O) groups is 3. The lowest BCUT2D eigenvalue weighted by Crippen LogP contribution is -2.29. The molecular weight excluding hydrogens is 272 g/mol. The molecule has 0 aliphatic rings. The summed E-state index contributed by atoms with van der Waals surface area (Å²) in [5, 5.41) is 10.7. The van der Waals surface area contributed by atoms with Crippen LogP contribution in [-0.2, 0) is 20.9 Å². The highest BCUT2D eigenvalue weighted by Crippen LogP contribution is 2.00. The van der Waals surface area contributed by atoms with Crippen molar-refractivity contribution in [2.45, 2.75) is 19.0 Å². The highest BCUT2D eigenvalue weighted by Gasteiger charge is 2.07. The van der Waals surface area contributed by atoms with Crippen molar-refractivity contribution in [1.29, 1.82) is 0 Å². The van der Waals surface area contributed by atoms with Crippen molar-refractivity contribution in [1.82, 2.24) is 10.2 Å². The lowest BCUT2D eigenvalue weighted by molar-refractivity contribution is -0.138. The molecule has 1 rings (SSSR count). The Balaban J connectivity index is 0.000000400. The topological polar surface area (TPSA) is 86.7 Å². The first-order valence-electron chi connectivity index (χ1n) is 6.54. The Morgan fingerprint density at radius 2 is 1.95 bits per heavy atom. The van der Waals surface area contributed by atoms with Gasteiger partial charge in [-0.3, -0.25) is 9.69 Å². The Kier molecular flexibility index (Phi) is 10.6. The third-order valence-corrected chi connectivity index (χ3v) is 2.61. The number of aldehydes is 2. The van der Waals surface area contributed by atoms with Crippen LogP contribution in [0.3, 0.4) is 0 Å². The van der Waals surface area contributed by atoms with E-state index in [2.05, 4.69) is 17.4 Å². The quantitative estimate of drug-likeness (QED) is 0.682. The molecule has 116 valence electrons. The molecule has 0 aromatic heterocycles. The van der Waals surface area contributed by atoms with Crippen LogP contribution in [-0.4, -0.2) is 55.2 Å². The molecular formula is C15H22N2O4. The second kappa shape index (κ2) is 11.7. The monoisotopic (exact) mass is 294 g/mol. The van der Waals surface area contributed by atoms with Gasteiger partial charge in [-0.2, -0.15) is 0 Å². The summed E-state index contributed by atoms with van der Waals surface area (Å²) in [7, 11) is 3.48. The van der Waals surface area contributed by atoms with Gasteiger partial charge in [0.15, 0.2) is 0 Å². The van der Waals surface area contributed by atoms with Crippen LogP contribution < -0.4 is 5.32 Å². The third-order valence-electron chi connectivity index (χ3n) is 2.61. The van der Waals surface area contributed by atoms with E-state index in [0.29, 0.717) is 12.8 Å². The predicted molar refractivity (Wildman–Crippen MR) is 80.0 cm³/mol. The second-order valence-corrected chi connectivity index (χ2v) is 4.48. The maximum absolute atomic E-state index is 10.2. The van der Waals surface area contributed by atoms with Crippen molar-refractivity contribution < 1.29 is 19.5 Å². The summed E-state index contributed by atoms with van der Waals surface area (Å²) in [6.07, 6.45) is 1.34. The summed E-state index contributed by atoms with van der Waals surface area (Å²) in [6, 6.07) is 9.56. The van der Waals surface area contributed by atoms with Crippen LogP contribution in [0, 0.1) is 0 Å². The van der Waals surface area contributed by atoms with Gasteiger partial charge < -0.3 is 20.0 Å². The van der Waals surface area contributed by atoms with Crippen molar-refractivity contribution in [2.24, 2.45) is 0 Å². The van der Waals surface area contributed by atoms with Gasteiger partial charge in [-0.25, -0.2) is 0 Å². The lowest BCUT2D eigenvalue weighted by Gasteiger charge is -2.12. The van der Waals surface area contributed by atoms with Crippen molar-refractivity contribution in [3.8, 4) is 0 Å². The molecule has 1 atom stereocenters. The summed E-state index contributed by atoms with van der Waals surface area (Å²) >= 11 is 0. The first kappa shape index (κ1) is 18.9. The maximum atomic E-state index is 10.2. The fraction of sp³-hybridized carbons (Fsp3) is 0.400. The molecule has 0 amide bonds. The molecule has 2 N–H and O–H groups in total. The number of nitrogens with one attached hydrogen (secondary N) is 1. The van der Waals surface area contributed by atoms with E-state index in [9.17, 15) is 14.4 Å². The Bertz CT molecular complexity index is 423. The van der Waals surface area contributed by atoms with Crippen LogP contribution in [0.5, 0.6) is 0 Å². The minimum atomic E-state index is -0.971. The molecule has 0 spiro atoms. The number of likely N-dealkylation sites (N-methyl/N-ethyl adjacent to an activating group) is 2. The standard InChI is InChI=1S/C10H13NO.C5H9NO3/c1-11(7-8-12)9-10-5-3-2-4-6-10;1-6-4(3-7)2-5(8)9/h2-6,8H,7,9H2,1H3;3-4,6H,2H2,1H3,(H,8,9).